The predicted octanol–water partition coefficient (Wildman–Crippen LogP) is 5.41. The molecular weight excluding hydrogens is 412 g/mol. The molecule has 30 heavy (non-hydrogen) atoms. The summed E-state index contributed by atoms with van der Waals surface area (Å²) in [7, 11) is 0. The largest absolute Gasteiger partial charge is 0.325 e. The Bertz CT molecular complexity index is 1170. The molecule has 0 saturated heterocycles. The van der Waals surface area contributed by atoms with Gasteiger partial charge in [-0.25, -0.2) is 9.50 Å². The number of nitrogens with one attached hydrogen (secondary N) is 1. The molecule has 4 rings (SSSR count). The van der Waals surface area contributed by atoms with E-state index in [1.807, 2.05) is 47.3 Å². The van der Waals surface area contributed by atoms with Crippen molar-refractivity contribution in [3.8, 4) is 11.3 Å². The Kier molecular flexibility index (Phi) is 6.40. The number of hydrogen-bond donors (Lipinski definition) is 1. The molecule has 7 heteroatoms. The Morgan fingerprint density at radius 3 is 2.73 bits per heavy atom. The van der Waals surface area contributed by atoms with Crippen molar-refractivity contribution in [2.75, 3.05) is 17.3 Å². The fourth-order valence-electron chi connectivity index (χ4n) is 3.09. The first-order valence-corrected chi connectivity index (χ1v) is 11.9. The zero-order valence-electron chi connectivity index (χ0n) is 16.8. The number of carbonyl (C=O) groups excluding carboxylic acids is 1. The third-order valence-electron chi connectivity index (χ3n) is 4.71. The Morgan fingerprint density at radius 2 is 1.97 bits per heavy atom. The molecule has 0 fully saturated rings. The molecule has 2 aromatic heterocycles. The second-order valence-corrected chi connectivity index (χ2v) is 8.55. The minimum Gasteiger partial charge on any atom is -0.325 e. The summed E-state index contributed by atoms with van der Waals surface area (Å²) < 4.78 is 1.82. The fraction of sp³-hybridized carbons (Fsp3) is 0.174. The molecule has 1 N–H and O–H groups in total. The van der Waals surface area contributed by atoms with Crippen LogP contribution in [0.5, 0.6) is 0 Å². The lowest BCUT2D eigenvalue weighted by Crippen LogP contribution is -2.14. The van der Waals surface area contributed by atoms with Crippen LogP contribution in [0, 0.1) is 0 Å². The van der Waals surface area contributed by atoms with Gasteiger partial charge in [0.2, 0.25) is 5.91 Å². The minimum atomic E-state index is -0.0584. The molecular formula is C23H22N4OS2. The number of hydrogen-bond acceptors (Lipinski definition) is 5. The topological polar surface area (TPSA) is 59.3 Å². The molecule has 0 atom stereocenters. The number of carbonyl (C=O) groups is 1. The maximum absolute atomic E-state index is 12.4. The van der Waals surface area contributed by atoms with E-state index >= 15 is 0 Å². The lowest BCUT2D eigenvalue weighted by Gasteiger charge is -2.06. The van der Waals surface area contributed by atoms with E-state index in [1.165, 1.54) is 17.3 Å². The van der Waals surface area contributed by atoms with Crippen LogP contribution in [0.2, 0.25) is 0 Å². The van der Waals surface area contributed by atoms with Crippen molar-refractivity contribution in [3.05, 3.63) is 72.6 Å². The summed E-state index contributed by atoms with van der Waals surface area (Å²) in [5, 5.41) is 8.41. The number of aryl methyl sites for hydroxylation is 1. The quantitative estimate of drug-likeness (QED) is 0.394. The van der Waals surface area contributed by atoms with Crippen molar-refractivity contribution in [1.29, 1.82) is 0 Å². The maximum Gasteiger partial charge on any atom is 0.234 e. The summed E-state index contributed by atoms with van der Waals surface area (Å²) in [6.45, 7) is 2.14. The summed E-state index contributed by atoms with van der Waals surface area (Å²) in [4.78, 5) is 18.0. The van der Waals surface area contributed by atoms with Crippen LogP contribution in [0.1, 0.15) is 12.5 Å². The van der Waals surface area contributed by atoms with Gasteiger partial charge in [-0.15, -0.1) is 11.8 Å². The second-order valence-electron chi connectivity index (χ2n) is 6.71. The van der Waals surface area contributed by atoms with Gasteiger partial charge >= 0.3 is 0 Å². The second kappa shape index (κ2) is 9.36. The lowest BCUT2D eigenvalue weighted by molar-refractivity contribution is -0.113. The van der Waals surface area contributed by atoms with Crippen molar-refractivity contribution in [3.63, 3.8) is 0 Å². The first-order chi connectivity index (χ1) is 14.7. The molecule has 0 aliphatic heterocycles. The van der Waals surface area contributed by atoms with Gasteiger partial charge in [0, 0.05) is 28.5 Å². The number of thioether (sulfide) groups is 2. The van der Waals surface area contributed by atoms with Gasteiger partial charge in [0.15, 0.2) is 0 Å². The van der Waals surface area contributed by atoms with Gasteiger partial charge in [0.1, 0.15) is 5.03 Å². The SMILES string of the molecule is CCc1ccc(-c2cc3c(SCC(=O)Nc4cccc(SC)c4)nccn3n2)cc1. The number of benzene rings is 2. The van der Waals surface area contributed by atoms with Crippen LogP contribution in [-0.2, 0) is 11.2 Å². The Balaban J connectivity index is 1.48. The molecule has 1 amide bonds. The van der Waals surface area contributed by atoms with Crippen LogP contribution in [-0.4, -0.2) is 32.5 Å². The smallest absolute Gasteiger partial charge is 0.234 e. The molecule has 4 aromatic rings. The number of fused-ring (bicyclic) bond motifs is 1. The molecule has 5 nitrogen and oxygen atoms in total. The monoisotopic (exact) mass is 434 g/mol. The Morgan fingerprint density at radius 1 is 1.13 bits per heavy atom. The van der Waals surface area contributed by atoms with Crippen molar-refractivity contribution in [1.82, 2.24) is 14.6 Å². The van der Waals surface area contributed by atoms with E-state index in [4.69, 9.17) is 0 Å². The molecule has 2 heterocycles. The molecule has 0 radical (unpaired) electrons. The van der Waals surface area contributed by atoms with Crippen molar-refractivity contribution < 1.29 is 4.79 Å². The van der Waals surface area contributed by atoms with Crippen LogP contribution < -0.4 is 5.32 Å². The average molecular weight is 435 g/mol. The maximum atomic E-state index is 12.4. The van der Waals surface area contributed by atoms with Gasteiger partial charge in [-0.1, -0.05) is 49.0 Å². The van der Waals surface area contributed by atoms with Crippen molar-refractivity contribution in [2.24, 2.45) is 0 Å². The highest BCUT2D eigenvalue weighted by atomic mass is 32.2. The first-order valence-electron chi connectivity index (χ1n) is 9.66. The van der Waals surface area contributed by atoms with Crippen LogP contribution >= 0.6 is 23.5 Å². The van der Waals surface area contributed by atoms with E-state index in [0.29, 0.717) is 0 Å². The van der Waals surface area contributed by atoms with E-state index in [9.17, 15) is 4.79 Å². The van der Waals surface area contributed by atoms with Crippen molar-refractivity contribution in [2.45, 2.75) is 23.3 Å². The lowest BCUT2D eigenvalue weighted by atomic mass is 10.1. The minimum absolute atomic E-state index is 0.0584. The van der Waals surface area contributed by atoms with Gasteiger partial charge in [-0.3, -0.25) is 4.79 Å². The van der Waals surface area contributed by atoms with E-state index in [-0.39, 0.29) is 11.7 Å². The molecule has 2 aromatic carbocycles. The number of anilines is 1. The van der Waals surface area contributed by atoms with E-state index < -0.39 is 0 Å². The summed E-state index contributed by atoms with van der Waals surface area (Å²) >= 11 is 3.06. The van der Waals surface area contributed by atoms with Crippen LogP contribution in [0.15, 0.2) is 76.9 Å². The number of aromatic nitrogens is 3. The summed E-state index contributed by atoms with van der Waals surface area (Å²) in [5.74, 6) is 0.221. The molecule has 152 valence electrons. The number of nitrogens with zero attached hydrogens (tertiary/aromatic N) is 3. The first kappa shape index (κ1) is 20.5. The van der Waals surface area contributed by atoms with Crippen LogP contribution in [0.3, 0.4) is 0 Å². The van der Waals surface area contributed by atoms with Crippen molar-refractivity contribution >= 4 is 40.6 Å². The van der Waals surface area contributed by atoms with Crippen LogP contribution in [0.25, 0.3) is 16.8 Å². The van der Waals surface area contributed by atoms with Gasteiger partial charge in [0.25, 0.3) is 0 Å². The molecule has 0 saturated carbocycles. The Hall–Kier alpha value is -2.77. The molecule has 0 aliphatic carbocycles. The highest BCUT2D eigenvalue weighted by Gasteiger charge is 2.12. The van der Waals surface area contributed by atoms with Crippen LogP contribution in [0.4, 0.5) is 5.69 Å². The van der Waals surface area contributed by atoms with Gasteiger partial charge in [0.05, 0.1) is 17.0 Å². The fourth-order valence-corrected chi connectivity index (χ4v) is 4.33. The summed E-state index contributed by atoms with van der Waals surface area (Å²) in [5.41, 5.74) is 4.97. The van der Waals surface area contributed by atoms with E-state index in [1.54, 1.807) is 18.0 Å². The molecule has 0 unspecified atom stereocenters. The highest BCUT2D eigenvalue weighted by molar-refractivity contribution is 8.00. The third-order valence-corrected chi connectivity index (χ3v) is 6.43. The van der Waals surface area contributed by atoms with Gasteiger partial charge in [-0.05, 0) is 42.5 Å². The van der Waals surface area contributed by atoms with E-state index in [2.05, 4.69) is 46.6 Å². The standard InChI is InChI=1S/C23H22N4OS2/c1-3-16-7-9-17(10-8-16)20-14-21-23(24-11-12-27(21)26-20)30-15-22(28)25-18-5-4-6-19(13-18)29-2/h4-14H,3,15H2,1-2H3,(H,25,28). The summed E-state index contributed by atoms with van der Waals surface area (Å²) in [6.07, 6.45) is 6.57. The highest BCUT2D eigenvalue weighted by Crippen LogP contribution is 2.26. The van der Waals surface area contributed by atoms with Gasteiger partial charge in [-0.2, -0.15) is 5.10 Å². The zero-order chi connectivity index (χ0) is 20.9. The zero-order valence-corrected chi connectivity index (χ0v) is 18.5. The number of rotatable bonds is 7. The summed E-state index contributed by atoms with van der Waals surface area (Å²) in [6, 6.07) is 18.3. The average Bonchev–Trinajstić information content (AvgIpc) is 3.23. The predicted molar refractivity (Wildman–Crippen MR) is 125 cm³/mol. The van der Waals surface area contributed by atoms with E-state index in [0.717, 1.165) is 38.8 Å². The molecule has 0 aliphatic rings. The molecule has 0 spiro atoms. The van der Waals surface area contributed by atoms with Gasteiger partial charge < -0.3 is 5.32 Å². The Labute approximate surface area is 184 Å². The number of amides is 1. The third kappa shape index (κ3) is 4.68. The molecule has 0 bridgehead atoms. The normalized spacial score (nSPS) is 11.0.